The molecule has 1 aromatic heterocycles. The molecule has 1 saturated heterocycles. The molecule has 1 amide bonds. The van der Waals surface area contributed by atoms with Gasteiger partial charge in [0.15, 0.2) is 5.82 Å². The number of hydrogen-bond acceptors (Lipinski definition) is 5. The zero-order valence-corrected chi connectivity index (χ0v) is 15.6. The first-order valence-corrected chi connectivity index (χ1v) is 9.07. The Balaban J connectivity index is 1.51. The second kappa shape index (κ2) is 7.23. The van der Waals surface area contributed by atoms with E-state index in [9.17, 15) is 4.79 Å². The summed E-state index contributed by atoms with van der Waals surface area (Å²) in [4.78, 5) is 16.9. The van der Waals surface area contributed by atoms with Crippen LogP contribution in [0.3, 0.4) is 0 Å². The maximum Gasteiger partial charge on any atom is 0.254 e. The zero-order chi connectivity index (χ0) is 18.8. The molecule has 0 N–H and O–H groups in total. The number of anilines is 1. The normalized spacial score (nSPS) is 14.4. The Bertz CT molecular complexity index is 981. The van der Waals surface area contributed by atoms with Gasteiger partial charge >= 0.3 is 0 Å². The van der Waals surface area contributed by atoms with E-state index in [4.69, 9.17) is 4.74 Å². The molecule has 0 unspecified atom stereocenters. The maximum atomic E-state index is 12.8. The predicted octanol–water partition coefficient (Wildman–Crippen LogP) is 2.91. The SMILES string of the molecule is COc1cccc(C(=O)N2CCN(c3nnc(C)c4ccccc34)CC2)c1. The number of ether oxygens (including phenoxy) is 1. The first-order chi connectivity index (χ1) is 13.2. The van der Waals surface area contributed by atoms with Crippen molar-refractivity contribution < 1.29 is 9.53 Å². The lowest BCUT2D eigenvalue weighted by molar-refractivity contribution is 0.0746. The Morgan fingerprint density at radius 3 is 2.44 bits per heavy atom. The van der Waals surface area contributed by atoms with Crippen molar-refractivity contribution in [1.82, 2.24) is 15.1 Å². The van der Waals surface area contributed by atoms with Gasteiger partial charge in [0, 0.05) is 42.5 Å². The van der Waals surface area contributed by atoms with E-state index in [1.165, 1.54) is 0 Å². The van der Waals surface area contributed by atoms with Crippen LogP contribution in [0.25, 0.3) is 10.8 Å². The fourth-order valence-electron chi connectivity index (χ4n) is 3.52. The molecular weight excluding hydrogens is 340 g/mol. The van der Waals surface area contributed by atoms with Gasteiger partial charge in [0.1, 0.15) is 5.75 Å². The Kier molecular flexibility index (Phi) is 4.62. The lowest BCUT2D eigenvalue weighted by atomic mass is 10.1. The van der Waals surface area contributed by atoms with Crippen molar-refractivity contribution in [2.45, 2.75) is 6.92 Å². The molecule has 0 saturated carbocycles. The van der Waals surface area contributed by atoms with Crippen LogP contribution in [0.1, 0.15) is 16.1 Å². The van der Waals surface area contributed by atoms with E-state index in [1.807, 2.05) is 42.2 Å². The van der Waals surface area contributed by atoms with Gasteiger partial charge in [-0.2, -0.15) is 5.10 Å². The van der Waals surface area contributed by atoms with E-state index >= 15 is 0 Å². The largest absolute Gasteiger partial charge is 0.497 e. The highest BCUT2D eigenvalue weighted by atomic mass is 16.5. The summed E-state index contributed by atoms with van der Waals surface area (Å²) in [6.07, 6.45) is 0. The Morgan fingerprint density at radius 1 is 0.963 bits per heavy atom. The average Bonchev–Trinajstić information content (AvgIpc) is 2.74. The Morgan fingerprint density at radius 2 is 1.70 bits per heavy atom. The quantitative estimate of drug-likeness (QED) is 0.717. The summed E-state index contributed by atoms with van der Waals surface area (Å²) in [7, 11) is 1.61. The summed E-state index contributed by atoms with van der Waals surface area (Å²) in [6, 6.07) is 15.5. The number of nitrogens with zero attached hydrogens (tertiary/aromatic N) is 4. The van der Waals surface area contributed by atoms with Crippen molar-refractivity contribution in [2.75, 3.05) is 38.2 Å². The number of carbonyl (C=O) groups excluding carboxylic acids is 1. The monoisotopic (exact) mass is 362 g/mol. The molecule has 0 aliphatic carbocycles. The summed E-state index contributed by atoms with van der Waals surface area (Å²) in [5.74, 6) is 1.62. The third kappa shape index (κ3) is 3.30. The van der Waals surface area contributed by atoms with Gasteiger partial charge in [-0.3, -0.25) is 4.79 Å². The molecule has 3 aromatic rings. The summed E-state index contributed by atoms with van der Waals surface area (Å²) < 4.78 is 5.22. The number of carbonyl (C=O) groups is 1. The number of amides is 1. The maximum absolute atomic E-state index is 12.8. The van der Waals surface area contributed by atoms with Gasteiger partial charge in [0.05, 0.1) is 12.8 Å². The first kappa shape index (κ1) is 17.3. The van der Waals surface area contributed by atoms with Gasteiger partial charge in [-0.1, -0.05) is 30.3 Å². The molecule has 2 aromatic carbocycles. The van der Waals surface area contributed by atoms with E-state index in [0.717, 1.165) is 35.4 Å². The smallest absolute Gasteiger partial charge is 0.254 e. The van der Waals surface area contributed by atoms with Crippen molar-refractivity contribution in [3.05, 3.63) is 59.8 Å². The fraction of sp³-hybridized carbons (Fsp3) is 0.286. The van der Waals surface area contributed by atoms with Crippen molar-refractivity contribution >= 4 is 22.5 Å². The number of hydrogen-bond donors (Lipinski definition) is 0. The van der Waals surface area contributed by atoms with E-state index < -0.39 is 0 Å². The van der Waals surface area contributed by atoms with E-state index in [0.29, 0.717) is 24.4 Å². The molecule has 27 heavy (non-hydrogen) atoms. The van der Waals surface area contributed by atoms with Gasteiger partial charge in [0.25, 0.3) is 5.91 Å². The molecule has 138 valence electrons. The van der Waals surface area contributed by atoms with Gasteiger partial charge in [-0.15, -0.1) is 5.10 Å². The summed E-state index contributed by atoms with van der Waals surface area (Å²) >= 11 is 0. The van der Waals surface area contributed by atoms with E-state index in [1.54, 1.807) is 13.2 Å². The van der Waals surface area contributed by atoms with Crippen molar-refractivity contribution in [1.29, 1.82) is 0 Å². The molecule has 6 heteroatoms. The van der Waals surface area contributed by atoms with Crippen LogP contribution in [-0.4, -0.2) is 54.3 Å². The minimum absolute atomic E-state index is 0.0356. The molecule has 0 atom stereocenters. The van der Waals surface area contributed by atoms with Crippen molar-refractivity contribution in [2.24, 2.45) is 0 Å². The minimum Gasteiger partial charge on any atom is -0.497 e. The van der Waals surface area contributed by atoms with Crippen molar-refractivity contribution in [3.8, 4) is 5.75 Å². The predicted molar refractivity (Wildman–Crippen MR) is 105 cm³/mol. The summed E-state index contributed by atoms with van der Waals surface area (Å²) in [5.41, 5.74) is 1.59. The molecule has 1 aliphatic heterocycles. The number of methoxy groups -OCH3 is 1. The highest BCUT2D eigenvalue weighted by Gasteiger charge is 2.24. The molecule has 0 spiro atoms. The van der Waals surface area contributed by atoms with E-state index in [-0.39, 0.29) is 5.91 Å². The summed E-state index contributed by atoms with van der Waals surface area (Å²) in [6.45, 7) is 4.75. The molecule has 0 radical (unpaired) electrons. The summed E-state index contributed by atoms with van der Waals surface area (Å²) in [5, 5.41) is 11.0. The standard InChI is InChI=1S/C21H22N4O2/c1-15-18-8-3-4-9-19(18)20(23-22-15)24-10-12-25(13-11-24)21(26)16-6-5-7-17(14-16)27-2/h3-9,14H,10-13H2,1-2H3. The topological polar surface area (TPSA) is 58.6 Å². The number of piperazine rings is 1. The van der Waals surface area contributed by atoms with Crippen molar-refractivity contribution in [3.63, 3.8) is 0 Å². The molecule has 2 heterocycles. The Labute approximate surface area is 158 Å². The molecule has 6 nitrogen and oxygen atoms in total. The van der Waals surface area contributed by atoms with Crippen LogP contribution in [-0.2, 0) is 0 Å². The van der Waals surface area contributed by atoms with Gasteiger partial charge in [-0.05, 0) is 25.1 Å². The average molecular weight is 362 g/mol. The second-order valence-electron chi connectivity index (χ2n) is 6.67. The lowest BCUT2D eigenvalue weighted by Crippen LogP contribution is -2.49. The molecule has 4 rings (SSSR count). The molecule has 1 fully saturated rings. The number of fused-ring (bicyclic) bond motifs is 1. The Hall–Kier alpha value is -3.15. The number of aromatic nitrogens is 2. The van der Waals surface area contributed by atoms with Crippen LogP contribution in [0, 0.1) is 6.92 Å². The number of benzene rings is 2. The van der Waals surface area contributed by atoms with E-state index in [2.05, 4.69) is 27.2 Å². The van der Waals surface area contributed by atoms with Gasteiger partial charge in [0.2, 0.25) is 0 Å². The van der Waals surface area contributed by atoms with Crippen LogP contribution in [0.4, 0.5) is 5.82 Å². The van der Waals surface area contributed by atoms with Gasteiger partial charge < -0.3 is 14.5 Å². The van der Waals surface area contributed by atoms with Crippen LogP contribution in [0.2, 0.25) is 0 Å². The highest BCUT2D eigenvalue weighted by Crippen LogP contribution is 2.26. The van der Waals surface area contributed by atoms with Crippen LogP contribution >= 0.6 is 0 Å². The lowest BCUT2D eigenvalue weighted by Gasteiger charge is -2.35. The number of aryl methyl sites for hydroxylation is 1. The van der Waals surface area contributed by atoms with Crippen LogP contribution in [0.5, 0.6) is 5.75 Å². The van der Waals surface area contributed by atoms with Crippen LogP contribution < -0.4 is 9.64 Å². The van der Waals surface area contributed by atoms with Gasteiger partial charge in [-0.25, -0.2) is 0 Å². The second-order valence-corrected chi connectivity index (χ2v) is 6.67. The number of rotatable bonds is 3. The minimum atomic E-state index is 0.0356. The highest BCUT2D eigenvalue weighted by molar-refractivity contribution is 5.95. The molecule has 1 aliphatic rings. The van der Waals surface area contributed by atoms with Crippen LogP contribution in [0.15, 0.2) is 48.5 Å². The fourth-order valence-corrected chi connectivity index (χ4v) is 3.52. The zero-order valence-electron chi connectivity index (χ0n) is 15.6. The first-order valence-electron chi connectivity index (χ1n) is 9.07. The third-order valence-electron chi connectivity index (χ3n) is 5.04. The molecular formula is C21H22N4O2. The third-order valence-corrected chi connectivity index (χ3v) is 5.04. The molecule has 0 bridgehead atoms.